The summed E-state index contributed by atoms with van der Waals surface area (Å²) in [6, 6.07) is 2.24. The largest absolute Gasteiger partial charge is 0.372 e. The molecule has 3 nitrogen and oxygen atoms in total. The van der Waals surface area contributed by atoms with Crippen LogP contribution in [-0.2, 0) is 11.2 Å². The Balaban J connectivity index is 1.67. The predicted molar refractivity (Wildman–Crippen MR) is 66.0 cm³/mol. The predicted octanol–water partition coefficient (Wildman–Crippen LogP) is 1.27. The molecule has 3 heterocycles. The highest BCUT2D eigenvalue weighted by Crippen LogP contribution is 2.31. The number of fused-ring (bicyclic) bond motifs is 1. The van der Waals surface area contributed by atoms with Crippen molar-refractivity contribution in [3.8, 4) is 0 Å². The SMILES string of the molecule is c1cc2c(s1)CCOC2CN1CCNCC1. The van der Waals surface area contributed by atoms with Gasteiger partial charge in [-0.1, -0.05) is 0 Å². The standard InChI is InChI=1S/C12H18N2OS/c1-7-15-11(10-2-8-16-12(1)10)9-14-5-3-13-4-6-14/h2,8,11,13H,1,3-7,9H2. The maximum absolute atomic E-state index is 5.91. The number of nitrogens with zero attached hydrogens (tertiary/aromatic N) is 1. The Kier molecular flexibility index (Phi) is 3.24. The summed E-state index contributed by atoms with van der Waals surface area (Å²) in [6.45, 7) is 6.49. The van der Waals surface area contributed by atoms with E-state index in [0.29, 0.717) is 6.10 Å². The van der Waals surface area contributed by atoms with Crippen LogP contribution in [0.15, 0.2) is 11.4 Å². The minimum Gasteiger partial charge on any atom is -0.372 e. The van der Waals surface area contributed by atoms with E-state index in [1.165, 1.54) is 10.4 Å². The second-order valence-electron chi connectivity index (χ2n) is 4.46. The van der Waals surface area contributed by atoms with Gasteiger partial charge >= 0.3 is 0 Å². The van der Waals surface area contributed by atoms with Crippen molar-refractivity contribution in [3.05, 3.63) is 21.9 Å². The second kappa shape index (κ2) is 4.84. The van der Waals surface area contributed by atoms with Crippen LogP contribution in [0.3, 0.4) is 0 Å². The van der Waals surface area contributed by atoms with Gasteiger partial charge in [0.1, 0.15) is 0 Å². The van der Waals surface area contributed by atoms with Crippen molar-refractivity contribution in [2.45, 2.75) is 12.5 Å². The lowest BCUT2D eigenvalue weighted by molar-refractivity contribution is 0.0146. The van der Waals surface area contributed by atoms with Gasteiger partial charge in [0.05, 0.1) is 12.7 Å². The lowest BCUT2D eigenvalue weighted by Crippen LogP contribution is -2.45. The van der Waals surface area contributed by atoms with Crippen molar-refractivity contribution < 1.29 is 4.74 Å². The molecule has 1 saturated heterocycles. The first-order valence-corrected chi connectivity index (χ1v) is 6.92. The second-order valence-corrected chi connectivity index (χ2v) is 5.46. The summed E-state index contributed by atoms with van der Waals surface area (Å²) in [5, 5.41) is 5.58. The van der Waals surface area contributed by atoms with Gasteiger partial charge in [0.2, 0.25) is 0 Å². The Hall–Kier alpha value is -0.420. The van der Waals surface area contributed by atoms with E-state index >= 15 is 0 Å². The van der Waals surface area contributed by atoms with Gasteiger partial charge in [-0.2, -0.15) is 0 Å². The minimum atomic E-state index is 0.313. The first-order chi connectivity index (χ1) is 7.93. The summed E-state index contributed by atoms with van der Waals surface area (Å²) in [5.41, 5.74) is 1.44. The van der Waals surface area contributed by atoms with E-state index in [1.54, 1.807) is 0 Å². The zero-order chi connectivity index (χ0) is 10.8. The van der Waals surface area contributed by atoms with Gasteiger partial charge in [-0.05, 0) is 17.0 Å². The fraction of sp³-hybridized carbons (Fsp3) is 0.667. The Morgan fingerprint density at radius 1 is 1.44 bits per heavy atom. The molecule has 88 valence electrons. The average molecular weight is 238 g/mol. The van der Waals surface area contributed by atoms with Crippen molar-refractivity contribution in [1.82, 2.24) is 10.2 Å². The lowest BCUT2D eigenvalue weighted by atomic mass is 10.1. The zero-order valence-electron chi connectivity index (χ0n) is 9.45. The quantitative estimate of drug-likeness (QED) is 0.839. The molecule has 2 aliphatic heterocycles. The van der Waals surface area contributed by atoms with E-state index in [-0.39, 0.29) is 0 Å². The molecular formula is C12H18N2OS. The molecule has 3 rings (SSSR count). The number of thiophene rings is 1. The van der Waals surface area contributed by atoms with Crippen molar-refractivity contribution in [3.63, 3.8) is 0 Å². The number of hydrogen-bond donors (Lipinski definition) is 1. The van der Waals surface area contributed by atoms with Crippen LogP contribution >= 0.6 is 11.3 Å². The highest BCUT2D eigenvalue weighted by atomic mass is 32.1. The maximum Gasteiger partial charge on any atom is 0.0962 e. The molecule has 1 fully saturated rings. The van der Waals surface area contributed by atoms with Crippen LogP contribution in [0.2, 0.25) is 0 Å². The van der Waals surface area contributed by atoms with E-state index < -0.39 is 0 Å². The van der Waals surface area contributed by atoms with Crippen molar-refractivity contribution in [2.24, 2.45) is 0 Å². The monoisotopic (exact) mass is 238 g/mol. The molecule has 1 atom stereocenters. The Labute approximate surface area is 100 Å². The third kappa shape index (κ3) is 2.15. The molecule has 1 aromatic rings. The Morgan fingerprint density at radius 2 is 2.31 bits per heavy atom. The van der Waals surface area contributed by atoms with Gasteiger partial charge in [0.15, 0.2) is 0 Å². The Morgan fingerprint density at radius 3 is 3.19 bits per heavy atom. The fourth-order valence-corrected chi connectivity index (χ4v) is 3.42. The number of nitrogens with one attached hydrogen (secondary N) is 1. The molecule has 0 bridgehead atoms. The summed E-state index contributed by atoms with van der Waals surface area (Å²) in [6.07, 6.45) is 1.42. The van der Waals surface area contributed by atoms with Crippen LogP contribution in [0.5, 0.6) is 0 Å². The number of ether oxygens (including phenoxy) is 1. The van der Waals surface area contributed by atoms with Gasteiger partial charge < -0.3 is 10.1 Å². The molecule has 1 unspecified atom stereocenters. The van der Waals surface area contributed by atoms with Crippen LogP contribution in [0.4, 0.5) is 0 Å². The van der Waals surface area contributed by atoms with Crippen LogP contribution in [0.1, 0.15) is 16.5 Å². The number of rotatable bonds is 2. The van der Waals surface area contributed by atoms with Crippen molar-refractivity contribution in [1.29, 1.82) is 0 Å². The third-order valence-electron chi connectivity index (χ3n) is 3.41. The first kappa shape index (κ1) is 10.7. The first-order valence-electron chi connectivity index (χ1n) is 6.04. The van der Waals surface area contributed by atoms with Gasteiger partial charge in [-0.15, -0.1) is 11.3 Å². The summed E-state index contributed by atoms with van der Waals surface area (Å²) >= 11 is 1.88. The highest BCUT2D eigenvalue weighted by molar-refractivity contribution is 7.10. The number of piperazine rings is 1. The van der Waals surface area contributed by atoms with Gasteiger partial charge in [-0.25, -0.2) is 0 Å². The van der Waals surface area contributed by atoms with Crippen molar-refractivity contribution >= 4 is 11.3 Å². The lowest BCUT2D eigenvalue weighted by Gasteiger charge is -2.32. The normalized spacial score (nSPS) is 26.6. The molecule has 16 heavy (non-hydrogen) atoms. The molecule has 0 radical (unpaired) electrons. The zero-order valence-corrected chi connectivity index (χ0v) is 10.3. The third-order valence-corrected chi connectivity index (χ3v) is 4.41. The molecule has 0 aromatic carbocycles. The minimum absolute atomic E-state index is 0.313. The van der Waals surface area contributed by atoms with Gasteiger partial charge in [-0.3, -0.25) is 4.90 Å². The van der Waals surface area contributed by atoms with Crippen molar-refractivity contribution in [2.75, 3.05) is 39.3 Å². The van der Waals surface area contributed by atoms with E-state index in [2.05, 4.69) is 21.7 Å². The van der Waals surface area contributed by atoms with Crippen LogP contribution in [-0.4, -0.2) is 44.2 Å². The Bertz CT molecular complexity index is 347. The summed E-state index contributed by atoms with van der Waals surface area (Å²) in [4.78, 5) is 4.04. The molecule has 0 aliphatic carbocycles. The molecule has 0 saturated carbocycles. The van der Waals surface area contributed by atoms with Gasteiger partial charge in [0.25, 0.3) is 0 Å². The van der Waals surface area contributed by atoms with E-state index in [4.69, 9.17) is 4.74 Å². The number of hydrogen-bond acceptors (Lipinski definition) is 4. The summed E-state index contributed by atoms with van der Waals surface area (Å²) in [7, 11) is 0. The van der Waals surface area contributed by atoms with Crippen LogP contribution in [0, 0.1) is 0 Å². The summed E-state index contributed by atoms with van der Waals surface area (Å²) < 4.78 is 5.91. The van der Waals surface area contributed by atoms with E-state index in [0.717, 1.165) is 45.8 Å². The molecule has 0 amide bonds. The summed E-state index contributed by atoms with van der Waals surface area (Å²) in [5.74, 6) is 0. The smallest absolute Gasteiger partial charge is 0.0962 e. The molecular weight excluding hydrogens is 220 g/mol. The molecule has 1 aromatic heterocycles. The molecule has 2 aliphatic rings. The van der Waals surface area contributed by atoms with Gasteiger partial charge in [0, 0.05) is 44.0 Å². The fourth-order valence-electron chi connectivity index (χ4n) is 2.50. The van der Waals surface area contributed by atoms with E-state index in [9.17, 15) is 0 Å². The van der Waals surface area contributed by atoms with Crippen LogP contribution < -0.4 is 5.32 Å². The topological polar surface area (TPSA) is 24.5 Å². The van der Waals surface area contributed by atoms with Crippen LogP contribution in [0.25, 0.3) is 0 Å². The highest BCUT2D eigenvalue weighted by Gasteiger charge is 2.24. The molecule has 4 heteroatoms. The van der Waals surface area contributed by atoms with E-state index in [1.807, 2.05) is 11.3 Å². The average Bonchev–Trinajstić information content (AvgIpc) is 2.80. The molecule has 0 spiro atoms. The maximum atomic E-state index is 5.91. The molecule has 1 N–H and O–H groups in total.